The summed E-state index contributed by atoms with van der Waals surface area (Å²) in [5, 5.41) is 3.41. The van der Waals surface area contributed by atoms with E-state index in [0.717, 1.165) is 0 Å². The molecule has 0 aromatic heterocycles. The normalized spacial score (nSPS) is 27.7. The van der Waals surface area contributed by atoms with Gasteiger partial charge in [0.05, 0.1) is 12.1 Å². The van der Waals surface area contributed by atoms with E-state index in [2.05, 4.69) is 10.0 Å². The van der Waals surface area contributed by atoms with Gasteiger partial charge >= 0.3 is 5.97 Å². The van der Waals surface area contributed by atoms with E-state index in [4.69, 9.17) is 19.7 Å². The minimum absolute atomic E-state index is 0.0736. The number of nitrogens with zero attached hydrogens (tertiary/aromatic N) is 3. The Balaban J connectivity index is 2.08. The fourth-order valence-electron chi connectivity index (χ4n) is 2.21. The number of halogens is 1. The topological polar surface area (TPSA) is 93.5 Å². The van der Waals surface area contributed by atoms with Crippen LogP contribution in [0.25, 0.3) is 10.4 Å². The third-order valence-electron chi connectivity index (χ3n) is 3.30. The van der Waals surface area contributed by atoms with Crippen LogP contribution < -0.4 is 0 Å². The summed E-state index contributed by atoms with van der Waals surface area (Å²) in [6, 6.07) is 8.36. The number of benzene rings is 1. The van der Waals surface area contributed by atoms with E-state index in [-0.39, 0.29) is 13.0 Å². The lowest BCUT2D eigenvalue weighted by molar-refractivity contribution is -0.238. The molecule has 0 unspecified atom stereocenters. The Morgan fingerprint density at radius 1 is 1.50 bits per heavy atom. The monoisotopic (exact) mass is 309 g/mol. The van der Waals surface area contributed by atoms with Crippen LogP contribution in [0.5, 0.6) is 0 Å². The molecule has 0 aliphatic carbocycles. The highest BCUT2D eigenvalue weighted by atomic mass is 19.1. The van der Waals surface area contributed by atoms with Crippen LogP contribution in [0.1, 0.15) is 16.8 Å². The molecule has 1 aromatic rings. The highest BCUT2D eigenvalue weighted by Crippen LogP contribution is 2.26. The molecule has 0 radical (unpaired) electrons. The molecule has 0 saturated carbocycles. The summed E-state index contributed by atoms with van der Waals surface area (Å²) in [5.41, 5.74) is 8.76. The number of methoxy groups -OCH3 is 1. The molecule has 1 aromatic carbocycles. The van der Waals surface area contributed by atoms with Crippen molar-refractivity contribution in [3.8, 4) is 0 Å². The molecular formula is C14H16FN3O4. The van der Waals surface area contributed by atoms with E-state index < -0.39 is 30.6 Å². The van der Waals surface area contributed by atoms with Gasteiger partial charge in [-0.2, -0.15) is 0 Å². The van der Waals surface area contributed by atoms with Crippen molar-refractivity contribution in [1.82, 2.24) is 0 Å². The Hall–Kier alpha value is -2.15. The number of esters is 1. The second-order valence-electron chi connectivity index (χ2n) is 4.75. The molecule has 0 spiro atoms. The Kier molecular flexibility index (Phi) is 5.71. The van der Waals surface area contributed by atoms with Gasteiger partial charge in [0, 0.05) is 18.4 Å². The van der Waals surface area contributed by atoms with Crippen molar-refractivity contribution in [3.05, 3.63) is 46.3 Å². The van der Waals surface area contributed by atoms with Crippen molar-refractivity contribution >= 4 is 5.97 Å². The maximum Gasteiger partial charge on any atom is 0.338 e. The van der Waals surface area contributed by atoms with E-state index in [1.165, 1.54) is 7.11 Å². The second-order valence-corrected chi connectivity index (χ2v) is 4.75. The van der Waals surface area contributed by atoms with Crippen molar-refractivity contribution in [3.63, 3.8) is 0 Å². The quantitative estimate of drug-likeness (QED) is 0.361. The Morgan fingerprint density at radius 2 is 2.23 bits per heavy atom. The van der Waals surface area contributed by atoms with Crippen LogP contribution in [0.4, 0.5) is 4.39 Å². The Morgan fingerprint density at radius 3 is 2.86 bits per heavy atom. The molecule has 22 heavy (non-hydrogen) atoms. The van der Waals surface area contributed by atoms with Crippen molar-refractivity contribution < 1.29 is 23.4 Å². The highest BCUT2D eigenvalue weighted by Gasteiger charge is 2.40. The van der Waals surface area contributed by atoms with Gasteiger partial charge in [-0.15, -0.1) is 0 Å². The average molecular weight is 309 g/mol. The molecule has 1 fully saturated rings. The molecule has 8 heteroatoms. The largest absolute Gasteiger partial charge is 0.456 e. The van der Waals surface area contributed by atoms with E-state index in [1.807, 2.05) is 0 Å². The first-order valence-electron chi connectivity index (χ1n) is 6.75. The fourth-order valence-corrected chi connectivity index (χ4v) is 2.21. The first-order chi connectivity index (χ1) is 10.7. The Bertz CT molecular complexity index is 550. The van der Waals surface area contributed by atoms with Crippen molar-refractivity contribution in [2.75, 3.05) is 13.7 Å². The zero-order valence-electron chi connectivity index (χ0n) is 12.0. The minimum Gasteiger partial charge on any atom is -0.456 e. The van der Waals surface area contributed by atoms with Crippen LogP contribution in [0.15, 0.2) is 35.4 Å². The minimum atomic E-state index is -1.43. The van der Waals surface area contributed by atoms with Gasteiger partial charge in [-0.05, 0) is 17.7 Å². The van der Waals surface area contributed by atoms with Gasteiger partial charge in [0.15, 0.2) is 12.5 Å². The van der Waals surface area contributed by atoms with Crippen LogP contribution in [0.2, 0.25) is 0 Å². The maximum absolute atomic E-state index is 13.9. The second kappa shape index (κ2) is 7.74. The first-order valence-corrected chi connectivity index (χ1v) is 6.75. The molecule has 1 aliphatic heterocycles. The molecule has 7 nitrogen and oxygen atoms in total. The standard InChI is InChI=1S/C14H16FN3O4/c1-20-14-10(15)7-11(12(22-14)8-17-18-16)21-13(19)9-5-3-2-4-6-9/h2-6,10-12,14H,7-8H2,1H3/t10-,11+,12-,14-/m1/s1. The number of hydrogen-bond donors (Lipinski definition) is 0. The van der Waals surface area contributed by atoms with Crippen LogP contribution in [-0.2, 0) is 14.2 Å². The molecule has 1 aliphatic rings. The molecule has 0 N–H and O–H groups in total. The summed E-state index contributed by atoms with van der Waals surface area (Å²) in [5.74, 6) is -0.580. The number of ether oxygens (including phenoxy) is 3. The predicted molar refractivity (Wildman–Crippen MR) is 74.8 cm³/mol. The lowest BCUT2D eigenvalue weighted by atomic mass is 10.0. The molecule has 118 valence electrons. The van der Waals surface area contributed by atoms with Crippen molar-refractivity contribution in [2.24, 2.45) is 5.11 Å². The van der Waals surface area contributed by atoms with Gasteiger partial charge < -0.3 is 14.2 Å². The SMILES string of the molecule is CO[C@@H]1O[C@H](CN=[N+]=[N-])[C@@H](OC(=O)c2ccccc2)C[C@H]1F. The van der Waals surface area contributed by atoms with Crippen LogP contribution in [0.3, 0.4) is 0 Å². The fraction of sp³-hybridized carbons (Fsp3) is 0.500. The molecule has 2 rings (SSSR count). The molecule has 1 saturated heterocycles. The van der Waals surface area contributed by atoms with Crippen molar-refractivity contribution in [2.45, 2.75) is 31.1 Å². The number of alkyl halides is 1. The zero-order chi connectivity index (χ0) is 15.9. The lowest BCUT2D eigenvalue weighted by Crippen LogP contribution is -2.49. The van der Waals surface area contributed by atoms with Gasteiger partial charge in [0.2, 0.25) is 0 Å². The lowest BCUT2D eigenvalue weighted by Gasteiger charge is -2.36. The smallest absolute Gasteiger partial charge is 0.338 e. The van der Waals surface area contributed by atoms with Gasteiger partial charge in [0.1, 0.15) is 12.2 Å². The van der Waals surface area contributed by atoms with Crippen LogP contribution >= 0.6 is 0 Å². The third-order valence-corrected chi connectivity index (χ3v) is 3.30. The van der Waals surface area contributed by atoms with Crippen LogP contribution in [0, 0.1) is 0 Å². The number of carbonyl (C=O) groups excluding carboxylic acids is 1. The summed E-state index contributed by atoms with van der Waals surface area (Å²) in [6.07, 6.45) is -4.17. The molecule has 4 atom stereocenters. The Labute approximate surface area is 126 Å². The number of rotatable bonds is 5. The summed E-state index contributed by atoms with van der Waals surface area (Å²) < 4.78 is 29.4. The van der Waals surface area contributed by atoms with Crippen molar-refractivity contribution in [1.29, 1.82) is 0 Å². The predicted octanol–water partition coefficient (Wildman–Crippen LogP) is 2.62. The number of azide groups is 1. The van der Waals surface area contributed by atoms with E-state index in [9.17, 15) is 9.18 Å². The molecule has 1 heterocycles. The van der Waals surface area contributed by atoms with Gasteiger partial charge in [-0.1, -0.05) is 23.3 Å². The zero-order valence-corrected chi connectivity index (χ0v) is 12.0. The van der Waals surface area contributed by atoms with Crippen LogP contribution in [-0.4, -0.2) is 44.3 Å². The third kappa shape index (κ3) is 3.94. The van der Waals surface area contributed by atoms with E-state index in [0.29, 0.717) is 5.56 Å². The van der Waals surface area contributed by atoms with Gasteiger partial charge in [-0.3, -0.25) is 0 Å². The average Bonchev–Trinajstić information content (AvgIpc) is 2.55. The highest BCUT2D eigenvalue weighted by molar-refractivity contribution is 5.89. The summed E-state index contributed by atoms with van der Waals surface area (Å²) in [6.45, 7) is -0.0736. The van der Waals surface area contributed by atoms with Gasteiger partial charge in [0.25, 0.3) is 0 Å². The summed E-state index contributed by atoms with van der Waals surface area (Å²) in [4.78, 5) is 14.7. The summed E-state index contributed by atoms with van der Waals surface area (Å²) >= 11 is 0. The molecule has 0 bridgehead atoms. The molecule has 0 amide bonds. The number of carbonyl (C=O) groups is 1. The maximum atomic E-state index is 13.9. The van der Waals surface area contributed by atoms with E-state index >= 15 is 0 Å². The van der Waals surface area contributed by atoms with E-state index in [1.54, 1.807) is 30.3 Å². The van der Waals surface area contributed by atoms with Gasteiger partial charge in [-0.25, -0.2) is 9.18 Å². The molecular weight excluding hydrogens is 293 g/mol. The number of hydrogen-bond acceptors (Lipinski definition) is 5. The first kappa shape index (κ1) is 16.2. The summed E-state index contributed by atoms with van der Waals surface area (Å²) in [7, 11) is 1.32.